The molecule has 0 spiro atoms. The Bertz CT molecular complexity index is 2670. The number of rotatable bonds is 5. The molecule has 2 atom stereocenters. The summed E-state index contributed by atoms with van der Waals surface area (Å²) in [6.07, 6.45) is 10.8. The fraction of sp³-hybridized carbons (Fsp3) is 0.0455. The van der Waals surface area contributed by atoms with E-state index in [1.54, 1.807) is 0 Å². The summed E-state index contributed by atoms with van der Waals surface area (Å²) in [6, 6.07) is 46.1. The van der Waals surface area contributed by atoms with Gasteiger partial charge in [-0.25, -0.2) is 15.0 Å². The van der Waals surface area contributed by atoms with Crippen LogP contribution in [0, 0.1) is 0 Å². The zero-order valence-corrected chi connectivity index (χ0v) is 27.4. The minimum absolute atomic E-state index is 0.0268. The molecule has 0 radical (unpaired) electrons. The van der Waals surface area contributed by atoms with Crippen LogP contribution in [0.4, 0.5) is 17.1 Å². The lowest BCUT2D eigenvalue weighted by Gasteiger charge is -2.41. The van der Waals surface area contributed by atoms with E-state index in [0.29, 0.717) is 17.5 Å². The molecule has 238 valence electrons. The van der Waals surface area contributed by atoms with Crippen LogP contribution in [0.3, 0.4) is 0 Å². The summed E-state index contributed by atoms with van der Waals surface area (Å²) in [5, 5.41) is 2.40. The third-order valence-electron chi connectivity index (χ3n) is 10.3. The Kier molecular flexibility index (Phi) is 5.95. The van der Waals surface area contributed by atoms with Crippen molar-refractivity contribution in [2.24, 2.45) is 4.99 Å². The Balaban J connectivity index is 1.23. The molecule has 5 aliphatic rings. The van der Waals surface area contributed by atoms with Crippen molar-refractivity contribution in [2.45, 2.75) is 12.1 Å². The monoisotopic (exact) mass is 655 g/mol. The standard InChI is InChI=1S/C44H29N7/c1-5-14-28(15-6-1)42-46-43(29-16-7-2-8-17-29)48-44(47-42)30-24-34-33-22-13-23-35-39(33)51-40(34)36(25-30)50(32-20-11-4-12-21-32)38-27-45-26-37(41(38)51)49(35)31-18-9-3-10-19-31/h1-27,39,41H/q+2. The smallest absolute Gasteiger partial charge is 0.284 e. The highest BCUT2D eigenvalue weighted by Gasteiger charge is 2.59. The van der Waals surface area contributed by atoms with Crippen molar-refractivity contribution >= 4 is 34.6 Å². The highest BCUT2D eigenvalue weighted by atomic mass is 15.3. The highest BCUT2D eigenvalue weighted by molar-refractivity contribution is 6.36. The molecule has 7 heteroatoms. The first-order valence-corrected chi connectivity index (χ1v) is 17.2. The number of allylic oxidation sites excluding steroid dienone is 2. The molecule has 2 unspecified atom stereocenters. The first-order valence-electron chi connectivity index (χ1n) is 17.2. The van der Waals surface area contributed by atoms with Crippen LogP contribution in [-0.2, 0) is 0 Å². The summed E-state index contributed by atoms with van der Waals surface area (Å²) in [5.74, 6) is 1.92. The van der Waals surface area contributed by atoms with E-state index in [2.05, 4.69) is 129 Å². The van der Waals surface area contributed by atoms with Gasteiger partial charge in [-0.2, -0.15) is 4.58 Å². The zero-order valence-electron chi connectivity index (χ0n) is 27.4. The number of hydrogen-bond donors (Lipinski definition) is 0. The third-order valence-corrected chi connectivity index (χ3v) is 10.3. The number of aliphatic imine (C=N–C) groups is 1. The quantitative estimate of drug-likeness (QED) is 0.200. The predicted octanol–water partition coefficient (Wildman–Crippen LogP) is 6.45. The summed E-state index contributed by atoms with van der Waals surface area (Å²) >= 11 is 0. The van der Waals surface area contributed by atoms with Gasteiger partial charge in [0.25, 0.3) is 22.8 Å². The molecular formula is C44H29N7+2. The second kappa shape index (κ2) is 10.8. The molecule has 0 amide bonds. The van der Waals surface area contributed by atoms with E-state index in [-0.39, 0.29) is 12.1 Å². The zero-order chi connectivity index (χ0) is 33.5. The number of hydrogen-bond acceptors (Lipinski definition) is 5. The van der Waals surface area contributed by atoms with Crippen molar-refractivity contribution in [3.8, 4) is 34.2 Å². The van der Waals surface area contributed by atoms with Crippen LogP contribution in [0.1, 0.15) is 0 Å². The molecule has 7 nitrogen and oxygen atoms in total. The summed E-state index contributed by atoms with van der Waals surface area (Å²) in [7, 11) is 0. The third kappa shape index (κ3) is 4.12. The number of piperazine rings is 1. The minimum Gasteiger partial charge on any atom is -0.303 e. The van der Waals surface area contributed by atoms with Crippen molar-refractivity contribution in [2.75, 3.05) is 4.90 Å². The summed E-state index contributed by atoms with van der Waals surface area (Å²) < 4.78 is 5.00. The van der Waals surface area contributed by atoms with E-state index < -0.39 is 0 Å². The van der Waals surface area contributed by atoms with Crippen molar-refractivity contribution in [3.05, 3.63) is 180 Å². The molecule has 51 heavy (non-hydrogen) atoms. The molecule has 0 N–H and O–H groups in total. The van der Waals surface area contributed by atoms with Gasteiger partial charge in [-0.15, -0.1) is 4.58 Å². The number of para-hydroxylation sites is 2. The molecule has 5 aromatic carbocycles. The molecule has 0 saturated carbocycles. The summed E-state index contributed by atoms with van der Waals surface area (Å²) in [4.78, 5) is 22.6. The molecule has 4 aliphatic heterocycles. The van der Waals surface area contributed by atoms with Crippen LogP contribution in [0.5, 0.6) is 0 Å². The predicted molar refractivity (Wildman–Crippen MR) is 203 cm³/mol. The second-order valence-electron chi connectivity index (χ2n) is 13.1. The van der Waals surface area contributed by atoms with Gasteiger partial charge in [-0.1, -0.05) is 109 Å². The first kappa shape index (κ1) is 28.0. The molecule has 1 aliphatic carbocycles. The topological polar surface area (TPSA) is 60.3 Å². The van der Waals surface area contributed by atoms with Crippen molar-refractivity contribution in [3.63, 3.8) is 0 Å². The van der Waals surface area contributed by atoms with E-state index in [0.717, 1.165) is 45.2 Å². The normalized spacial score (nSPS) is 18.9. The Labute approximate surface area is 293 Å². The van der Waals surface area contributed by atoms with Gasteiger partial charge >= 0.3 is 0 Å². The van der Waals surface area contributed by atoms with Crippen LogP contribution in [0.25, 0.3) is 39.7 Å². The molecule has 6 aromatic rings. The molecule has 1 aromatic heterocycles. The molecular weight excluding hydrogens is 627 g/mol. The van der Waals surface area contributed by atoms with Gasteiger partial charge in [-0.3, -0.25) is 4.99 Å². The van der Waals surface area contributed by atoms with Crippen molar-refractivity contribution in [1.82, 2.24) is 24.1 Å². The molecule has 5 heterocycles. The van der Waals surface area contributed by atoms with Crippen LogP contribution in [0.15, 0.2) is 174 Å². The van der Waals surface area contributed by atoms with E-state index >= 15 is 0 Å². The van der Waals surface area contributed by atoms with E-state index in [4.69, 9.17) is 19.9 Å². The van der Waals surface area contributed by atoms with Crippen molar-refractivity contribution < 1.29 is 0 Å². The van der Waals surface area contributed by atoms with Crippen molar-refractivity contribution in [1.29, 1.82) is 0 Å². The lowest BCUT2D eigenvalue weighted by atomic mass is 9.89. The van der Waals surface area contributed by atoms with Crippen LogP contribution in [0.2, 0.25) is 0 Å². The maximum absolute atomic E-state index is 5.15. The molecule has 1 saturated heterocycles. The number of benzene rings is 5. The Hall–Kier alpha value is -6.86. The maximum atomic E-state index is 5.15. The van der Waals surface area contributed by atoms with Crippen LogP contribution >= 0.6 is 0 Å². The molecule has 1 fully saturated rings. The lowest BCUT2D eigenvalue weighted by molar-refractivity contribution is 0.488. The molecule has 11 rings (SSSR count). The van der Waals surface area contributed by atoms with Gasteiger partial charge < -0.3 is 4.90 Å². The summed E-state index contributed by atoms with van der Waals surface area (Å²) in [5.41, 5.74) is 10.8. The van der Waals surface area contributed by atoms with E-state index in [1.165, 1.54) is 21.8 Å². The average Bonchev–Trinajstić information content (AvgIpc) is 3.55. The largest absolute Gasteiger partial charge is 0.303 e. The Morgan fingerprint density at radius 1 is 0.588 bits per heavy atom. The SMILES string of the molecule is C1=CC2=c3cc(-c4nc(-c5ccccc5)nc(-c5ccccc5)n4)cc4c3=[N+]3C2C(=C1)N(c1ccccc1)C1=CN=CC(=[N+]4c2ccccc2)C13. The van der Waals surface area contributed by atoms with Crippen LogP contribution in [-0.4, -0.2) is 39.0 Å². The van der Waals surface area contributed by atoms with Gasteiger partial charge in [0.05, 0.1) is 17.1 Å². The van der Waals surface area contributed by atoms with Gasteiger partial charge in [0, 0.05) is 46.1 Å². The van der Waals surface area contributed by atoms with E-state index in [1.807, 2.05) is 48.8 Å². The average molecular weight is 656 g/mol. The van der Waals surface area contributed by atoms with Gasteiger partial charge in [0.15, 0.2) is 17.5 Å². The highest BCUT2D eigenvalue weighted by Crippen LogP contribution is 2.42. The van der Waals surface area contributed by atoms with E-state index in [9.17, 15) is 0 Å². The fourth-order valence-electron chi connectivity index (χ4n) is 8.23. The Morgan fingerprint density at radius 3 is 1.86 bits per heavy atom. The molecule has 0 bridgehead atoms. The van der Waals surface area contributed by atoms with Gasteiger partial charge in [0.1, 0.15) is 11.9 Å². The van der Waals surface area contributed by atoms with Gasteiger partial charge in [0.2, 0.25) is 11.7 Å². The lowest BCUT2D eigenvalue weighted by Crippen LogP contribution is -2.63. The minimum atomic E-state index is -0.0438. The van der Waals surface area contributed by atoms with Gasteiger partial charge in [-0.05, 0) is 24.3 Å². The summed E-state index contributed by atoms with van der Waals surface area (Å²) in [6.45, 7) is 0. The first-order chi connectivity index (χ1) is 25.3. The maximum Gasteiger partial charge on any atom is 0.284 e. The Morgan fingerprint density at radius 2 is 1.20 bits per heavy atom. The van der Waals surface area contributed by atoms with Crippen LogP contribution < -0.4 is 24.6 Å². The number of anilines is 1. The second-order valence-corrected chi connectivity index (χ2v) is 13.1. The number of nitrogens with zero attached hydrogens (tertiary/aromatic N) is 7. The fourth-order valence-corrected chi connectivity index (χ4v) is 8.23. The number of aromatic nitrogens is 3.